The van der Waals surface area contributed by atoms with Gasteiger partial charge in [0.15, 0.2) is 5.78 Å². The zero-order valence-corrected chi connectivity index (χ0v) is 21.6. The fourth-order valence-electron chi connectivity index (χ4n) is 4.70. The predicted molar refractivity (Wildman–Crippen MR) is 131 cm³/mol. The third kappa shape index (κ3) is 8.02. The first-order valence-corrected chi connectivity index (χ1v) is 12.9. The highest BCUT2D eigenvalue weighted by molar-refractivity contribution is 6.38. The second kappa shape index (κ2) is 13.6. The molecule has 0 radical (unpaired) electrons. The van der Waals surface area contributed by atoms with Crippen LogP contribution in [0.15, 0.2) is 0 Å². The molecule has 2 aliphatic rings. The summed E-state index contributed by atoms with van der Waals surface area (Å²) in [5, 5.41) is 8.28. The van der Waals surface area contributed by atoms with Gasteiger partial charge in [0, 0.05) is 13.1 Å². The van der Waals surface area contributed by atoms with Crippen LogP contribution in [0, 0.1) is 5.92 Å². The van der Waals surface area contributed by atoms with Crippen LogP contribution in [0.5, 0.6) is 0 Å². The van der Waals surface area contributed by atoms with E-state index in [1.54, 1.807) is 18.7 Å². The normalized spacial score (nSPS) is 19.4. The molecule has 2 unspecified atom stereocenters. The molecule has 198 valence electrons. The highest BCUT2D eigenvalue weighted by atomic mass is 16.5. The van der Waals surface area contributed by atoms with Gasteiger partial charge in [-0.05, 0) is 32.1 Å². The van der Waals surface area contributed by atoms with Crippen molar-refractivity contribution in [1.82, 2.24) is 20.9 Å². The van der Waals surface area contributed by atoms with Crippen LogP contribution < -0.4 is 16.0 Å². The van der Waals surface area contributed by atoms with Crippen molar-refractivity contribution in [2.45, 2.75) is 96.7 Å². The summed E-state index contributed by atoms with van der Waals surface area (Å²) in [4.78, 5) is 65.9. The second-order valence-corrected chi connectivity index (χ2v) is 10.0. The molecule has 10 heteroatoms. The van der Waals surface area contributed by atoms with Crippen LogP contribution in [-0.2, 0) is 23.9 Å². The Morgan fingerprint density at radius 3 is 2.14 bits per heavy atom. The Labute approximate surface area is 208 Å². The molecule has 10 nitrogen and oxygen atoms in total. The Morgan fingerprint density at radius 2 is 1.60 bits per heavy atom. The average molecular weight is 495 g/mol. The molecule has 0 bridgehead atoms. The topological polar surface area (TPSA) is 134 Å². The van der Waals surface area contributed by atoms with Gasteiger partial charge in [-0.15, -0.1) is 0 Å². The molecule has 4 amide bonds. The van der Waals surface area contributed by atoms with E-state index >= 15 is 0 Å². The first-order valence-electron chi connectivity index (χ1n) is 12.9. The molecule has 0 aromatic rings. The highest BCUT2D eigenvalue weighted by Crippen LogP contribution is 2.29. The molecule has 1 aliphatic carbocycles. The fourth-order valence-corrected chi connectivity index (χ4v) is 4.70. The van der Waals surface area contributed by atoms with Gasteiger partial charge in [-0.2, -0.15) is 0 Å². The molecule has 1 saturated heterocycles. The lowest BCUT2D eigenvalue weighted by atomic mass is 9.80. The summed E-state index contributed by atoms with van der Waals surface area (Å²) in [6, 6.07) is -2.12. The maximum Gasteiger partial charge on any atom is 0.318 e. The second-order valence-electron chi connectivity index (χ2n) is 10.0. The van der Waals surface area contributed by atoms with Gasteiger partial charge in [0.2, 0.25) is 11.7 Å². The van der Waals surface area contributed by atoms with Crippen molar-refractivity contribution in [1.29, 1.82) is 0 Å². The molecule has 3 N–H and O–H groups in total. The summed E-state index contributed by atoms with van der Waals surface area (Å²) in [5.41, 5.74) is -1.13. The van der Waals surface area contributed by atoms with E-state index in [0.717, 1.165) is 25.7 Å². The largest absolute Gasteiger partial charge is 0.378 e. The number of hydrogen-bond acceptors (Lipinski definition) is 6. The summed E-state index contributed by atoms with van der Waals surface area (Å²) in [7, 11) is 0. The predicted octanol–water partition coefficient (Wildman–Crippen LogP) is 1.71. The number of urea groups is 1. The summed E-state index contributed by atoms with van der Waals surface area (Å²) in [6.45, 7) is 8.71. The van der Waals surface area contributed by atoms with Crippen molar-refractivity contribution < 1.29 is 28.7 Å². The van der Waals surface area contributed by atoms with E-state index in [4.69, 9.17) is 4.74 Å². The van der Waals surface area contributed by atoms with Crippen LogP contribution in [0.1, 0.15) is 79.1 Å². The van der Waals surface area contributed by atoms with Gasteiger partial charge < -0.3 is 25.6 Å². The van der Waals surface area contributed by atoms with Gasteiger partial charge in [-0.25, -0.2) is 4.79 Å². The Balaban J connectivity index is 2.17. The van der Waals surface area contributed by atoms with Crippen molar-refractivity contribution in [2.75, 3.05) is 26.3 Å². The highest BCUT2D eigenvalue weighted by Gasteiger charge is 2.43. The summed E-state index contributed by atoms with van der Waals surface area (Å²) in [6.07, 6.45) is 5.17. The minimum Gasteiger partial charge on any atom is -0.378 e. The van der Waals surface area contributed by atoms with Crippen LogP contribution in [0.4, 0.5) is 4.79 Å². The molecule has 1 saturated carbocycles. The van der Waals surface area contributed by atoms with Crippen LogP contribution in [0.2, 0.25) is 0 Å². The molecule has 35 heavy (non-hydrogen) atoms. The molecule has 0 aromatic heterocycles. The van der Waals surface area contributed by atoms with Gasteiger partial charge in [0.05, 0.1) is 25.3 Å². The zero-order chi connectivity index (χ0) is 26.0. The van der Waals surface area contributed by atoms with Crippen LogP contribution >= 0.6 is 0 Å². The number of nitrogens with zero attached hydrogens (tertiary/aromatic N) is 1. The molecular formula is C25H42N4O6. The average Bonchev–Trinajstić information content (AvgIpc) is 2.84. The van der Waals surface area contributed by atoms with Crippen molar-refractivity contribution >= 4 is 29.4 Å². The number of carbonyl (C=O) groups excluding carboxylic acids is 5. The van der Waals surface area contributed by atoms with Crippen LogP contribution in [0.25, 0.3) is 0 Å². The molecule has 1 heterocycles. The Hall–Kier alpha value is -2.49. The van der Waals surface area contributed by atoms with E-state index in [2.05, 4.69) is 16.0 Å². The van der Waals surface area contributed by atoms with Gasteiger partial charge >= 0.3 is 6.03 Å². The summed E-state index contributed by atoms with van der Waals surface area (Å²) in [5.74, 6) is -2.50. The van der Waals surface area contributed by atoms with E-state index in [1.807, 2.05) is 6.92 Å². The number of amides is 4. The standard InChI is InChI=1S/C25H42N4O6/c1-5-6-10-19(21(31)22(32)27-20(17(2)3)18(4)30)26-23(33)25(11-8-7-9-12-25)28-24(34)29-13-15-35-16-14-29/h17,19-20H,5-16H2,1-4H3,(H,26,33)(H,27,32)(H,28,34). The Morgan fingerprint density at radius 1 is 0.971 bits per heavy atom. The van der Waals surface area contributed by atoms with Crippen LogP contribution in [-0.4, -0.2) is 78.2 Å². The molecular weight excluding hydrogens is 452 g/mol. The molecule has 2 atom stereocenters. The number of ketones is 2. The van der Waals surface area contributed by atoms with E-state index in [-0.39, 0.29) is 17.7 Å². The fraction of sp³-hybridized carbons (Fsp3) is 0.800. The maximum absolute atomic E-state index is 13.6. The quantitative estimate of drug-likeness (QED) is 0.374. The Bertz CT molecular complexity index is 772. The number of morpholine rings is 1. The number of rotatable bonds is 11. The Kier molecular flexibility index (Phi) is 11.1. The molecule has 0 aromatic carbocycles. The summed E-state index contributed by atoms with van der Waals surface area (Å²) >= 11 is 0. The van der Waals surface area contributed by atoms with Gasteiger partial charge in [-0.3, -0.25) is 19.2 Å². The SMILES string of the molecule is CCCCC(NC(=O)C1(NC(=O)N2CCOCC2)CCCCC1)C(=O)C(=O)NC(C(C)=O)C(C)C. The van der Waals surface area contributed by atoms with E-state index in [1.165, 1.54) is 6.92 Å². The minimum absolute atomic E-state index is 0.172. The third-order valence-corrected chi connectivity index (χ3v) is 6.87. The first kappa shape index (κ1) is 28.7. The number of Topliss-reactive ketones (excluding diaryl/α,β-unsaturated/α-hetero) is 2. The number of ether oxygens (including phenoxy) is 1. The number of nitrogens with one attached hydrogen (secondary N) is 3. The van der Waals surface area contributed by atoms with Crippen molar-refractivity contribution in [3.8, 4) is 0 Å². The van der Waals surface area contributed by atoms with Crippen LogP contribution in [0.3, 0.4) is 0 Å². The van der Waals surface area contributed by atoms with E-state index in [9.17, 15) is 24.0 Å². The lowest BCUT2D eigenvalue weighted by Crippen LogP contribution is -2.65. The van der Waals surface area contributed by atoms with E-state index in [0.29, 0.717) is 52.0 Å². The molecule has 0 spiro atoms. The molecule has 2 fully saturated rings. The van der Waals surface area contributed by atoms with E-state index < -0.39 is 35.2 Å². The van der Waals surface area contributed by atoms with Gasteiger partial charge in [0.1, 0.15) is 5.54 Å². The first-order chi connectivity index (χ1) is 16.6. The smallest absolute Gasteiger partial charge is 0.318 e. The number of carbonyl (C=O) groups is 5. The van der Waals surface area contributed by atoms with Crippen molar-refractivity contribution in [3.05, 3.63) is 0 Å². The third-order valence-electron chi connectivity index (χ3n) is 6.87. The molecule has 1 aliphatic heterocycles. The monoisotopic (exact) mass is 494 g/mol. The lowest BCUT2D eigenvalue weighted by molar-refractivity contribution is -0.142. The van der Waals surface area contributed by atoms with Gasteiger partial charge in [0.25, 0.3) is 5.91 Å². The maximum atomic E-state index is 13.6. The molecule has 2 rings (SSSR count). The van der Waals surface area contributed by atoms with Gasteiger partial charge in [-0.1, -0.05) is 52.9 Å². The van der Waals surface area contributed by atoms with Crippen molar-refractivity contribution in [2.24, 2.45) is 5.92 Å². The summed E-state index contributed by atoms with van der Waals surface area (Å²) < 4.78 is 5.31. The number of unbranched alkanes of at least 4 members (excludes halogenated alkanes) is 1. The minimum atomic E-state index is -1.13. The lowest BCUT2D eigenvalue weighted by Gasteiger charge is -2.39. The van der Waals surface area contributed by atoms with Crippen molar-refractivity contribution in [3.63, 3.8) is 0 Å². The number of hydrogen-bond donors (Lipinski definition) is 3. The zero-order valence-electron chi connectivity index (χ0n) is 21.6.